The third kappa shape index (κ3) is 2.56. The van der Waals surface area contributed by atoms with E-state index in [9.17, 15) is 9.59 Å². The maximum absolute atomic E-state index is 13.0. The number of carbonyl (C=O) groups excluding carboxylic acids is 2. The third-order valence-corrected chi connectivity index (χ3v) is 5.22. The number of rotatable bonds is 2. The molecular formula is C20H14ClNO5. The van der Waals surface area contributed by atoms with Gasteiger partial charge < -0.3 is 14.2 Å². The fourth-order valence-corrected chi connectivity index (χ4v) is 3.97. The molecule has 7 heteroatoms. The number of fused-ring (bicyclic) bond motifs is 1. The van der Waals surface area contributed by atoms with E-state index in [1.54, 1.807) is 30.3 Å². The highest BCUT2D eigenvalue weighted by Gasteiger charge is 2.43. The molecule has 3 aliphatic heterocycles. The first kappa shape index (κ1) is 16.2. The Morgan fingerprint density at radius 2 is 1.85 bits per heavy atom. The van der Waals surface area contributed by atoms with E-state index in [0.717, 1.165) is 5.56 Å². The Labute approximate surface area is 159 Å². The Balaban J connectivity index is 1.61. The van der Waals surface area contributed by atoms with Gasteiger partial charge in [0.2, 0.25) is 12.7 Å². The number of anilines is 1. The number of esters is 1. The summed E-state index contributed by atoms with van der Waals surface area (Å²) in [5.41, 5.74) is 2.53. The fourth-order valence-electron chi connectivity index (χ4n) is 3.78. The number of cyclic esters (lactones) is 1. The number of nitrogens with zero attached hydrogens (tertiary/aromatic N) is 1. The SMILES string of the molecule is O=C1OCC2=C1[C@H](c1ccc3c(c1)OCO3)CC(=O)N2c1cccc(Cl)c1. The zero-order chi connectivity index (χ0) is 18.5. The van der Waals surface area contributed by atoms with E-state index in [-0.39, 0.29) is 31.6 Å². The standard InChI is InChI=1S/C20H14ClNO5/c21-12-2-1-3-13(7-12)22-15-9-25-20(24)19(15)14(8-18(22)23)11-4-5-16-17(6-11)27-10-26-16/h1-7,14H,8-10H2/t14-/m0/s1. The Bertz CT molecular complexity index is 1020. The molecule has 0 bridgehead atoms. The van der Waals surface area contributed by atoms with Crippen molar-refractivity contribution in [3.8, 4) is 11.5 Å². The first-order chi connectivity index (χ1) is 13.1. The van der Waals surface area contributed by atoms with Crippen molar-refractivity contribution in [2.24, 2.45) is 0 Å². The van der Waals surface area contributed by atoms with E-state index in [0.29, 0.717) is 33.5 Å². The van der Waals surface area contributed by atoms with Crippen molar-refractivity contribution in [2.45, 2.75) is 12.3 Å². The molecule has 2 aromatic carbocycles. The number of benzene rings is 2. The lowest BCUT2D eigenvalue weighted by Gasteiger charge is -2.32. The molecule has 0 aromatic heterocycles. The minimum Gasteiger partial charge on any atom is -0.456 e. The van der Waals surface area contributed by atoms with E-state index in [1.165, 1.54) is 4.90 Å². The van der Waals surface area contributed by atoms with Crippen LogP contribution >= 0.6 is 11.6 Å². The molecule has 0 N–H and O–H groups in total. The molecule has 1 amide bonds. The van der Waals surface area contributed by atoms with Crippen LogP contribution in [0.2, 0.25) is 5.02 Å². The Hall–Kier alpha value is -2.99. The molecule has 6 nitrogen and oxygen atoms in total. The number of carbonyl (C=O) groups is 2. The van der Waals surface area contributed by atoms with Gasteiger partial charge in [0, 0.05) is 17.4 Å². The molecule has 0 saturated carbocycles. The zero-order valence-electron chi connectivity index (χ0n) is 14.1. The van der Waals surface area contributed by atoms with Gasteiger partial charge in [-0.3, -0.25) is 9.69 Å². The molecule has 0 fully saturated rings. The highest BCUT2D eigenvalue weighted by Crippen LogP contribution is 2.44. The van der Waals surface area contributed by atoms with Gasteiger partial charge >= 0.3 is 5.97 Å². The average Bonchev–Trinajstić information content (AvgIpc) is 3.27. The van der Waals surface area contributed by atoms with Crippen LogP contribution in [-0.2, 0) is 14.3 Å². The van der Waals surface area contributed by atoms with Crippen molar-refractivity contribution in [3.63, 3.8) is 0 Å². The monoisotopic (exact) mass is 383 g/mol. The lowest BCUT2D eigenvalue weighted by molar-refractivity contribution is -0.136. The van der Waals surface area contributed by atoms with E-state index < -0.39 is 5.97 Å². The van der Waals surface area contributed by atoms with Crippen LogP contribution in [0.25, 0.3) is 0 Å². The predicted molar refractivity (Wildman–Crippen MR) is 96.8 cm³/mol. The topological polar surface area (TPSA) is 65.1 Å². The maximum atomic E-state index is 13.0. The van der Waals surface area contributed by atoms with Crippen LogP contribution in [0, 0.1) is 0 Å². The lowest BCUT2D eigenvalue weighted by Crippen LogP contribution is -2.37. The second-order valence-electron chi connectivity index (χ2n) is 6.51. The van der Waals surface area contributed by atoms with E-state index in [1.807, 2.05) is 12.1 Å². The van der Waals surface area contributed by atoms with Gasteiger partial charge in [0.25, 0.3) is 0 Å². The number of hydrogen-bond acceptors (Lipinski definition) is 5. The average molecular weight is 384 g/mol. The van der Waals surface area contributed by atoms with Crippen LogP contribution < -0.4 is 14.4 Å². The minimum atomic E-state index is -0.396. The van der Waals surface area contributed by atoms with Crippen LogP contribution in [0.15, 0.2) is 53.7 Å². The van der Waals surface area contributed by atoms with Gasteiger partial charge in [-0.15, -0.1) is 0 Å². The van der Waals surface area contributed by atoms with Gasteiger partial charge in [0.1, 0.15) is 6.61 Å². The van der Waals surface area contributed by atoms with Crippen molar-refractivity contribution in [3.05, 3.63) is 64.3 Å². The Kier molecular flexibility index (Phi) is 3.62. The fraction of sp³-hybridized carbons (Fsp3) is 0.200. The van der Waals surface area contributed by atoms with E-state index in [4.69, 9.17) is 25.8 Å². The van der Waals surface area contributed by atoms with Gasteiger partial charge in [-0.05, 0) is 35.9 Å². The summed E-state index contributed by atoms with van der Waals surface area (Å²) in [6.07, 6.45) is 0.153. The molecule has 1 atom stereocenters. The second-order valence-corrected chi connectivity index (χ2v) is 6.95. The summed E-state index contributed by atoms with van der Waals surface area (Å²) in [6.45, 7) is 0.231. The van der Waals surface area contributed by atoms with Crippen LogP contribution in [-0.4, -0.2) is 25.3 Å². The minimum absolute atomic E-state index is 0.0630. The molecule has 0 saturated heterocycles. The van der Waals surface area contributed by atoms with Crippen LogP contribution in [0.5, 0.6) is 11.5 Å². The maximum Gasteiger partial charge on any atom is 0.336 e. The van der Waals surface area contributed by atoms with Crippen molar-refractivity contribution in [1.82, 2.24) is 0 Å². The van der Waals surface area contributed by atoms with Crippen LogP contribution in [0.3, 0.4) is 0 Å². The summed E-state index contributed by atoms with van der Waals surface area (Å²) < 4.78 is 16.1. The summed E-state index contributed by atoms with van der Waals surface area (Å²) >= 11 is 6.08. The van der Waals surface area contributed by atoms with Crippen LogP contribution in [0.4, 0.5) is 5.69 Å². The van der Waals surface area contributed by atoms with Gasteiger partial charge in [0.15, 0.2) is 11.5 Å². The largest absolute Gasteiger partial charge is 0.456 e. The number of amides is 1. The molecule has 136 valence electrons. The molecule has 3 aliphatic rings. The second kappa shape index (κ2) is 6.03. The normalized spacial score (nSPS) is 20.8. The van der Waals surface area contributed by atoms with Crippen molar-refractivity contribution in [2.75, 3.05) is 18.3 Å². The summed E-state index contributed by atoms with van der Waals surface area (Å²) in [5.74, 6) is 0.381. The lowest BCUT2D eigenvalue weighted by atomic mass is 9.84. The zero-order valence-corrected chi connectivity index (χ0v) is 14.9. The molecule has 5 rings (SSSR count). The predicted octanol–water partition coefficient (Wildman–Crippen LogP) is 3.40. The smallest absolute Gasteiger partial charge is 0.336 e. The number of ether oxygens (including phenoxy) is 3. The number of halogens is 1. The number of hydrogen-bond donors (Lipinski definition) is 0. The molecule has 0 radical (unpaired) electrons. The van der Waals surface area contributed by atoms with Crippen molar-refractivity contribution >= 4 is 29.2 Å². The van der Waals surface area contributed by atoms with Gasteiger partial charge in [0.05, 0.1) is 17.0 Å². The summed E-state index contributed by atoms with van der Waals surface area (Å²) in [7, 11) is 0. The Morgan fingerprint density at radius 1 is 1.00 bits per heavy atom. The summed E-state index contributed by atoms with van der Waals surface area (Å²) in [6, 6.07) is 12.5. The molecule has 27 heavy (non-hydrogen) atoms. The first-order valence-electron chi connectivity index (χ1n) is 8.50. The van der Waals surface area contributed by atoms with Gasteiger partial charge in [-0.1, -0.05) is 23.7 Å². The summed E-state index contributed by atoms with van der Waals surface area (Å²) in [4.78, 5) is 27.0. The molecular weight excluding hydrogens is 370 g/mol. The van der Waals surface area contributed by atoms with E-state index >= 15 is 0 Å². The van der Waals surface area contributed by atoms with Gasteiger partial charge in [-0.2, -0.15) is 0 Å². The first-order valence-corrected chi connectivity index (χ1v) is 8.88. The highest BCUT2D eigenvalue weighted by molar-refractivity contribution is 6.31. The van der Waals surface area contributed by atoms with Crippen LogP contribution in [0.1, 0.15) is 17.9 Å². The Morgan fingerprint density at radius 3 is 2.70 bits per heavy atom. The van der Waals surface area contributed by atoms with Crippen molar-refractivity contribution in [1.29, 1.82) is 0 Å². The molecule has 2 aromatic rings. The van der Waals surface area contributed by atoms with Crippen molar-refractivity contribution < 1.29 is 23.8 Å². The van der Waals surface area contributed by atoms with E-state index in [2.05, 4.69) is 0 Å². The van der Waals surface area contributed by atoms with Gasteiger partial charge in [-0.25, -0.2) is 4.79 Å². The molecule has 0 aliphatic carbocycles. The molecule has 0 spiro atoms. The third-order valence-electron chi connectivity index (χ3n) is 4.98. The highest BCUT2D eigenvalue weighted by atomic mass is 35.5. The summed E-state index contributed by atoms with van der Waals surface area (Å²) in [5, 5.41) is 0.519. The molecule has 0 unspecified atom stereocenters. The quantitative estimate of drug-likeness (QED) is 0.744. The molecule has 3 heterocycles.